The number of rotatable bonds is 11. The second kappa shape index (κ2) is 10.3. The van der Waals surface area contributed by atoms with Crippen molar-refractivity contribution in [2.75, 3.05) is 32.8 Å². The Morgan fingerprint density at radius 2 is 2.23 bits per heavy atom. The van der Waals surface area contributed by atoms with Crippen molar-refractivity contribution in [1.29, 1.82) is 0 Å². The molecule has 124 valence electrons. The highest BCUT2D eigenvalue weighted by molar-refractivity contribution is 5.79. The number of guanidine groups is 1. The molecule has 2 N–H and O–H groups in total. The normalized spacial score (nSPS) is 15.0. The Labute approximate surface area is 133 Å². The Morgan fingerprint density at radius 3 is 2.95 bits per heavy atom. The fraction of sp³-hybridized carbons (Fsp3) is 0.706. The molecule has 1 aromatic heterocycles. The topological polar surface area (TPSA) is 58.8 Å². The van der Waals surface area contributed by atoms with Crippen molar-refractivity contribution in [3.63, 3.8) is 0 Å². The fourth-order valence-electron chi connectivity index (χ4n) is 2.07. The van der Waals surface area contributed by atoms with Gasteiger partial charge < -0.3 is 19.8 Å². The van der Waals surface area contributed by atoms with Crippen LogP contribution in [0.5, 0.6) is 0 Å². The summed E-state index contributed by atoms with van der Waals surface area (Å²) in [6.07, 6.45) is 7.34. The first kappa shape index (κ1) is 16.9. The molecular formula is C17H29N3O2. The van der Waals surface area contributed by atoms with Crippen LogP contribution in [-0.4, -0.2) is 38.8 Å². The minimum absolute atomic E-state index is 0.821. The van der Waals surface area contributed by atoms with E-state index in [2.05, 4.69) is 22.5 Å². The van der Waals surface area contributed by atoms with Gasteiger partial charge in [-0.1, -0.05) is 6.92 Å². The Morgan fingerprint density at radius 1 is 1.36 bits per heavy atom. The molecule has 0 saturated heterocycles. The number of ether oxygens (including phenoxy) is 1. The van der Waals surface area contributed by atoms with Gasteiger partial charge in [0.1, 0.15) is 5.76 Å². The molecule has 1 aliphatic rings. The monoisotopic (exact) mass is 307 g/mol. The Hall–Kier alpha value is -1.49. The van der Waals surface area contributed by atoms with Crippen LogP contribution in [0.25, 0.3) is 0 Å². The molecule has 22 heavy (non-hydrogen) atoms. The van der Waals surface area contributed by atoms with Gasteiger partial charge in [0.2, 0.25) is 0 Å². The van der Waals surface area contributed by atoms with E-state index < -0.39 is 0 Å². The van der Waals surface area contributed by atoms with Crippen molar-refractivity contribution in [2.24, 2.45) is 10.9 Å². The number of furan rings is 1. The summed E-state index contributed by atoms with van der Waals surface area (Å²) >= 11 is 0. The van der Waals surface area contributed by atoms with Crippen LogP contribution in [0.2, 0.25) is 0 Å². The average molecular weight is 307 g/mol. The van der Waals surface area contributed by atoms with Gasteiger partial charge in [-0.05, 0) is 43.7 Å². The number of aliphatic imine (C=N–C) groups is 1. The van der Waals surface area contributed by atoms with Gasteiger partial charge in [0.05, 0.1) is 6.26 Å². The lowest BCUT2D eigenvalue weighted by atomic mass is 10.3. The molecule has 1 aliphatic carbocycles. The van der Waals surface area contributed by atoms with Crippen molar-refractivity contribution < 1.29 is 9.15 Å². The van der Waals surface area contributed by atoms with Crippen LogP contribution in [0.4, 0.5) is 0 Å². The molecule has 2 rings (SSSR count). The van der Waals surface area contributed by atoms with Gasteiger partial charge in [-0.3, -0.25) is 4.99 Å². The SMILES string of the molecule is CCCN=C(NCCCOCC1CC1)NCCc1ccco1. The largest absolute Gasteiger partial charge is 0.469 e. The quantitative estimate of drug-likeness (QED) is 0.375. The number of nitrogens with one attached hydrogen (secondary N) is 2. The number of nitrogens with zero attached hydrogens (tertiary/aromatic N) is 1. The van der Waals surface area contributed by atoms with Gasteiger partial charge in [-0.15, -0.1) is 0 Å². The van der Waals surface area contributed by atoms with Crippen LogP contribution in [0.1, 0.15) is 38.4 Å². The third-order valence-electron chi connectivity index (χ3n) is 3.55. The predicted molar refractivity (Wildman–Crippen MR) is 89.2 cm³/mol. The van der Waals surface area contributed by atoms with Crippen molar-refractivity contribution in [3.8, 4) is 0 Å². The molecule has 0 unspecified atom stereocenters. The van der Waals surface area contributed by atoms with Crippen molar-refractivity contribution >= 4 is 5.96 Å². The zero-order chi connectivity index (χ0) is 15.5. The summed E-state index contributed by atoms with van der Waals surface area (Å²) in [6, 6.07) is 3.91. The lowest BCUT2D eigenvalue weighted by Crippen LogP contribution is -2.39. The van der Waals surface area contributed by atoms with Gasteiger partial charge in [-0.2, -0.15) is 0 Å². The van der Waals surface area contributed by atoms with E-state index in [-0.39, 0.29) is 0 Å². The van der Waals surface area contributed by atoms with E-state index in [0.29, 0.717) is 0 Å². The van der Waals surface area contributed by atoms with Crippen molar-refractivity contribution in [3.05, 3.63) is 24.2 Å². The van der Waals surface area contributed by atoms with Crippen LogP contribution in [0.15, 0.2) is 27.8 Å². The van der Waals surface area contributed by atoms with E-state index in [4.69, 9.17) is 9.15 Å². The molecule has 0 atom stereocenters. The van der Waals surface area contributed by atoms with Crippen LogP contribution in [-0.2, 0) is 11.2 Å². The van der Waals surface area contributed by atoms with Gasteiger partial charge >= 0.3 is 0 Å². The summed E-state index contributed by atoms with van der Waals surface area (Å²) in [5.41, 5.74) is 0. The minimum Gasteiger partial charge on any atom is -0.469 e. The number of hydrogen-bond donors (Lipinski definition) is 2. The van der Waals surface area contributed by atoms with E-state index in [1.165, 1.54) is 12.8 Å². The van der Waals surface area contributed by atoms with Gasteiger partial charge in [0.25, 0.3) is 0 Å². The molecule has 0 spiro atoms. The first-order chi connectivity index (χ1) is 10.9. The minimum atomic E-state index is 0.821. The molecule has 0 aliphatic heterocycles. The standard InChI is InChI=1S/C17H29N3O2/c1-2-9-18-17(20-11-8-16-5-3-13-22-16)19-10-4-12-21-14-15-6-7-15/h3,5,13,15H,2,4,6-12,14H2,1H3,(H2,18,19,20). The van der Waals surface area contributed by atoms with E-state index in [1.54, 1.807) is 6.26 Å². The van der Waals surface area contributed by atoms with E-state index in [1.807, 2.05) is 12.1 Å². The van der Waals surface area contributed by atoms with E-state index >= 15 is 0 Å². The average Bonchev–Trinajstić information content (AvgIpc) is 3.21. The zero-order valence-electron chi connectivity index (χ0n) is 13.6. The summed E-state index contributed by atoms with van der Waals surface area (Å²) in [6.45, 7) is 6.46. The molecule has 0 aromatic carbocycles. The highest BCUT2D eigenvalue weighted by Crippen LogP contribution is 2.28. The highest BCUT2D eigenvalue weighted by Gasteiger charge is 2.20. The second-order valence-corrected chi connectivity index (χ2v) is 5.79. The maximum atomic E-state index is 5.64. The van der Waals surface area contributed by atoms with Crippen LogP contribution >= 0.6 is 0 Å². The Bertz CT molecular complexity index is 414. The predicted octanol–water partition coefficient (Wildman–Crippen LogP) is 2.58. The second-order valence-electron chi connectivity index (χ2n) is 5.79. The van der Waals surface area contributed by atoms with Gasteiger partial charge in [0, 0.05) is 39.3 Å². The molecule has 1 fully saturated rings. The summed E-state index contributed by atoms with van der Waals surface area (Å²) < 4.78 is 11.0. The number of hydrogen-bond acceptors (Lipinski definition) is 3. The summed E-state index contributed by atoms with van der Waals surface area (Å²) in [7, 11) is 0. The maximum absolute atomic E-state index is 5.64. The molecule has 0 amide bonds. The van der Waals surface area contributed by atoms with E-state index in [9.17, 15) is 0 Å². The summed E-state index contributed by atoms with van der Waals surface area (Å²) in [5.74, 6) is 2.73. The lowest BCUT2D eigenvalue weighted by molar-refractivity contribution is 0.123. The van der Waals surface area contributed by atoms with Crippen molar-refractivity contribution in [1.82, 2.24) is 10.6 Å². The van der Waals surface area contributed by atoms with Crippen molar-refractivity contribution in [2.45, 2.75) is 39.0 Å². The van der Waals surface area contributed by atoms with Gasteiger partial charge in [0.15, 0.2) is 5.96 Å². The first-order valence-corrected chi connectivity index (χ1v) is 8.50. The molecule has 5 heteroatoms. The maximum Gasteiger partial charge on any atom is 0.191 e. The molecule has 1 saturated carbocycles. The van der Waals surface area contributed by atoms with Crippen LogP contribution in [0.3, 0.4) is 0 Å². The van der Waals surface area contributed by atoms with Gasteiger partial charge in [-0.25, -0.2) is 0 Å². The molecule has 0 bridgehead atoms. The Kier molecular flexibility index (Phi) is 7.88. The third-order valence-corrected chi connectivity index (χ3v) is 3.55. The van der Waals surface area contributed by atoms with Crippen LogP contribution < -0.4 is 10.6 Å². The molecule has 1 heterocycles. The zero-order valence-corrected chi connectivity index (χ0v) is 13.6. The molecular weight excluding hydrogens is 278 g/mol. The summed E-state index contributed by atoms with van der Waals surface area (Å²) in [4.78, 5) is 4.54. The van der Waals surface area contributed by atoms with Crippen LogP contribution in [0, 0.1) is 5.92 Å². The fourth-order valence-corrected chi connectivity index (χ4v) is 2.07. The first-order valence-electron chi connectivity index (χ1n) is 8.50. The molecule has 1 aromatic rings. The molecule has 5 nitrogen and oxygen atoms in total. The third kappa shape index (κ3) is 7.50. The highest BCUT2D eigenvalue weighted by atomic mass is 16.5. The van der Waals surface area contributed by atoms with E-state index in [0.717, 1.165) is 69.7 Å². The molecule has 0 radical (unpaired) electrons. The lowest BCUT2D eigenvalue weighted by Gasteiger charge is -2.12. The summed E-state index contributed by atoms with van der Waals surface area (Å²) in [5, 5.41) is 6.72. The smallest absolute Gasteiger partial charge is 0.191 e. The Balaban J connectivity index is 1.55.